The van der Waals surface area contributed by atoms with E-state index in [1.807, 2.05) is 6.92 Å². The Hall–Kier alpha value is -2.78. The topological polar surface area (TPSA) is 131 Å². The van der Waals surface area contributed by atoms with Crippen molar-refractivity contribution in [2.75, 3.05) is 6.61 Å². The number of hydrogen-bond donors (Lipinski definition) is 3. The predicted molar refractivity (Wildman–Crippen MR) is 84.3 cm³/mol. The van der Waals surface area contributed by atoms with Crippen LogP contribution >= 0.6 is 0 Å². The minimum atomic E-state index is -1.21. The highest BCUT2D eigenvalue weighted by molar-refractivity contribution is 5.93. The van der Waals surface area contributed by atoms with Gasteiger partial charge in [-0.05, 0) is 24.6 Å². The van der Waals surface area contributed by atoms with E-state index in [2.05, 4.69) is 10.4 Å². The zero-order chi connectivity index (χ0) is 17.7. The smallest absolute Gasteiger partial charge is 0.269 e. The van der Waals surface area contributed by atoms with Gasteiger partial charge in [-0.25, -0.2) is 0 Å². The van der Waals surface area contributed by atoms with Crippen LogP contribution in [-0.2, 0) is 6.54 Å². The molecule has 0 radical (unpaired) electrons. The second-order valence-electron chi connectivity index (χ2n) is 5.14. The van der Waals surface area contributed by atoms with E-state index >= 15 is 0 Å². The number of aryl methyl sites for hydroxylation is 1. The number of aromatic nitrogens is 2. The maximum Gasteiger partial charge on any atom is 0.269 e. The van der Waals surface area contributed by atoms with Crippen LogP contribution in [0.5, 0.6) is 0 Å². The minimum absolute atomic E-state index is 0.109. The normalized spacial score (nSPS) is 13.3. The summed E-state index contributed by atoms with van der Waals surface area (Å²) >= 11 is 0. The summed E-state index contributed by atoms with van der Waals surface area (Å²) in [6.45, 7) is 2.00. The predicted octanol–water partition coefficient (Wildman–Crippen LogP) is 0.636. The van der Waals surface area contributed by atoms with Crippen LogP contribution in [0.15, 0.2) is 36.7 Å². The fourth-order valence-corrected chi connectivity index (χ4v) is 2.16. The molecular weight excluding hydrogens is 316 g/mol. The molecule has 2 atom stereocenters. The van der Waals surface area contributed by atoms with Gasteiger partial charge in [0.2, 0.25) is 0 Å². The van der Waals surface area contributed by atoms with E-state index in [1.165, 1.54) is 30.5 Å². The number of carbonyl (C=O) groups excluding carboxylic acids is 1. The third kappa shape index (κ3) is 3.94. The molecule has 3 N–H and O–H groups in total. The molecule has 0 bridgehead atoms. The number of nitro benzene ring substituents is 1. The minimum Gasteiger partial charge on any atom is -0.394 e. The molecule has 9 nitrogen and oxygen atoms in total. The molecule has 1 heterocycles. The largest absolute Gasteiger partial charge is 0.394 e. The fraction of sp³-hybridized carbons (Fsp3) is 0.333. The summed E-state index contributed by atoms with van der Waals surface area (Å²) in [6.07, 6.45) is 1.74. The number of amides is 1. The number of aliphatic hydroxyl groups excluding tert-OH is 2. The average molecular weight is 334 g/mol. The van der Waals surface area contributed by atoms with Crippen molar-refractivity contribution in [1.29, 1.82) is 0 Å². The van der Waals surface area contributed by atoms with Gasteiger partial charge in [0.05, 0.1) is 29.3 Å². The standard InChI is InChI=1S/C15H18N4O5/c1-2-18-8-11(7-16-18)15(22)17-13(9-20)14(21)10-3-5-12(6-4-10)19(23)24/h3-8,13-14,20-21H,2,9H2,1H3,(H,17,22). The molecule has 2 aromatic rings. The van der Waals surface area contributed by atoms with Crippen LogP contribution in [-0.4, -0.2) is 43.5 Å². The Balaban J connectivity index is 2.09. The molecule has 2 unspecified atom stereocenters. The number of nitro groups is 1. The van der Waals surface area contributed by atoms with Crippen LogP contribution < -0.4 is 5.32 Å². The highest BCUT2D eigenvalue weighted by Gasteiger charge is 2.23. The third-order valence-electron chi connectivity index (χ3n) is 3.56. The number of aliphatic hydroxyl groups is 2. The lowest BCUT2D eigenvalue weighted by Crippen LogP contribution is -2.41. The second-order valence-corrected chi connectivity index (χ2v) is 5.14. The first-order valence-corrected chi connectivity index (χ1v) is 7.32. The van der Waals surface area contributed by atoms with E-state index in [4.69, 9.17) is 0 Å². The van der Waals surface area contributed by atoms with Crippen molar-refractivity contribution in [2.24, 2.45) is 0 Å². The summed E-state index contributed by atoms with van der Waals surface area (Å²) in [6, 6.07) is 4.31. The molecule has 1 amide bonds. The van der Waals surface area contributed by atoms with E-state index in [1.54, 1.807) is 10.9 Å². The molecule has 9 heteroatoms. The first kappa shape index (κ1) is 17.6. The van der Waals surface area contributed by atoms with Crippen LogP contribution in [0.1, 0.15) is 28.9 Å². The Kier molecular flexibility index (Phi) is 5.61. The van der Waals surface area contributed by atoms with Crippen molar-refractivity contribution >= 4 is 11.6 Å². The van der Waals surface area contributed by atoms with Gasteiger partial charge in [0.1, 0.15) is 6.10 Å². The molecule has 24 heavy (non-hydrogen) atoms. The van der Waals surface area contributed by atoms with Crippen LogP contribution in [0.2, 0.25) is 0 Å². The summed E-state index contributed by atoms with van der Waals surface area (Å²) in [5.74, 6) is -0.477. The molecule has 1 aromatic carbocycles. The first-order chi connectivity index (χ1) is 11.5. The first-order valence-electron chi connectivity index (χ1n) is 7.32. The summed E-state index contributed by atoms with van der Waals surface area (Å²) in [4.78, 5) is 22.2. The van der Waals surface area contributed by atoms with Gasteiger partial charge >= 0.3 is 0 Å². The lowest BCUT2D eigenvalue weighted by Gasteiger charge is -2.22. The van der Waals surface area contributed by atoms with E-state index in [9.17, 15) is 25.1 Å². The van der Waals surface area contributed by atoms with Crippen LogP contribution in [0, 0.1) is 10.1 Å². The molecule has 1 aromatic heterocycles. The lowest BCUT2D eigenvalue weighted by molar-refractivity contribution is -0.384. The van der Waals surface area contributed by atoms with Gasteiger partial charge in [0, 0.05) is 24.9 Å². The lowest BCUT2D eigenvalue weighted by atomic mass is 10.0. The van der Waals surface area contributed by atoms with Crippen molar-refractivity contribution in [1.82, 2.24) is 15.1 Å². The fourth-order valence-electron chi connectivity index (χ4n) is 2.16. The highest BCUT2D eigenvalue weighted by Crippen LogP contribution is 2.20. The summed E-state index contributed by atoms with van der Waals surface area (Å²) in [5.41, 5.74) is 0.554. The number of hydrogen-bond acceptors (Lipinski definition) is 6. The molecule has 0 saturated carbocycles. The van der Waals surface area contributed by atoms with Crippen LogP contribution in [0.25, 0.3) is 0 Å². The van der Waals surface area contributed by atoms with Crippen molar-refractivity contribution in [3.05, 3.63) is 57.9 Å². The number of nitrogens with one attached hydrogen (secondary N) is 1. The van der Waals surface area contributed by atoms with Gasteiger partial charge in [-0.15, -0.1) is 0 Å². The molecule has 0 saturated heterocycles. The zero-order valence-corrected chi connectivity index (χ0v) is 13.0. The van der Waals surface area contributed by atoms with E-state index in [-0.39, 0.29) is 5.69 Å². The SMILES string of the molecule is CCn1cc(C(=O)NC(CO)C(O)c2ccc([N+](=O)[O-])cc2)cn1. The summed E-state index contributed by atoms with van der Waals surface area (Å²) < 4.78 is 1.58. The molecule has 0 aliphatic rings. The van der Waals surface area contributed by atoms with Crippen molar-refractivity contribution in [2.45, 2.75) is 25.6 Å². The Morgan fingerprint density at radius 2 is 2.08 bits per heavy atom. The van der Waals surface area contributed by atoms with Gasteiger partial charge in [0.25, 0.3) is 11.6 Å². The number of nitrogens with zero attached hydrogens (tertiary/aromatic N) is 3. The van der Waals surface area contributed by atoms with Gasteiger partial charge in [-0.3, -0.25) is 19.6 Å². The zero-order valence-electron chi connectivity index (χ0n) is 13.0. The third-order valence-corrected chi connectivity index (χ3v) is 3.56. The second kappa shape index (κ2) is 7.66. The van der Waals surface area contributed by atoms with E-state index in [0.717, 1.165) is 0 Å². The van der Waals surface area contributed by atoms with Crippen molar-refractivity contribution in [3.8, 4) is 0 Å². The van der Waals surface area contributed by atoms with Gasteiger partial charge in [-0.2, -0.15) is 5.10 Å². The average Bonchev–Trinajstić information content (AvgIpc) is 3.08. The highest BCUT2D eigenvalue weighted by atomic mass is 16.6. The molecular formula is C15H18N4O5. The van der Waals surface area contributed by atoms with E-state index < -0.39 is 29.6 Å². The van der Waals surface area contributed by atoms with Crippen LogP contribution in [0.4, 0.5) is 5.69 Å². The maximum absolute atomic E-state index is 12.1. The number of benzene rings is 1. The monoisotopic (exact) mass is 334 g/mol. The molecule has 2 rings (SSSR count). The van der Waals surface area contributed by atoms with Crippen LogP contribution in [0.3, 0.4) is 0 Å². The Morgan fingerprint density at radius 1 is 1.42 bits per heavy atom. The van der Waals surface area contributed by atoms with Crippen molar-refractivity contribution in [3.63, 3.8) is 0 Å². The number of non-ortho nitro benzene ring substituents is 1. The Morgan fingerprint density at radius 3 is 2.58 bits per heavy atom. The van der Waals surface area contributed by atoms with Gasteiger partial charge in [0.15, 0.2) is 0 Å². The quantitative estimate of drug-likeness (QED) is 0.503. The summed E-state index contributed by atoms with van der Waals surface area (Å²) in [7, 11) is 0. The molecule has 0 aliphatic heterocycles. The van der Waals surface area contributed by atoms with Gasteiger partial charge < -0.3 is 15.5 Å². The molecule has 128 valence electrons. The molecule has 0 aliphatic carbocycles. The molecule has 0 spiro atoms. The number of carbonyl (C=O) groups is 1. The number of rotatable bonds is 7. The molecule has 0 fully saturated rings. The Labute approximate surface area is 137 Å². The van der Waals surface area contributed by atoms with E-state index in [0.29, 0.717) is 17.7 Å². The maximum atomic E-state index is 12.1. The Bertz CT molecular complexity index is 713. The summed E-state index contributed by atoms with van der Waals surface area (Å²) in [5, 5.41) is 36.9. The van der Waals surface area contributed by atoms with Gasteiger partial charge in [-0.1, -0.05) is 0 Å². The van der Waals surface area contributed by atoms with Crippen molar-refractivity contribution < 1.29 is 19.9 Å².